The molecule has 0 spiro atoms. The SMILES string of the molecule is NCCc1ccc(Cn2cncn2)cc1. The fourth-order valence-corrected chi connectivity index (χ4v) is 1.48. The summed E-state index contributed by atoms with van der Waals surface area (Å²) >= 11 is 0. The highest BCUT2D eigenvalue weighted by molar-refractivity contribution is 5.22. The zero-order chi connectivity index (χ0) is 10.5. The number of hydrogen-bond donors (Lipinski definition) is 1. The number of nitrogens with two attached hydrogens (primary N) is 1. The van der Waals surface area contributed by atoms with Crippen molar-refractivity contribution in [3.63, 3.8) is 0 Å². The molecule has 0 amide bonds. The normalized spacial score (nSPS) is 10.5. The molecule has 0 aliphatic rings. The third-order valence-electron chi connectivity index (χ3n) is 2.27. The second-order valence-corrected chi connectivity index (χ2v) is 3.45. The fourth-order valence-electron chi connectivity index (χ4n) is 1.48. The van der Waals surface area contributed by atoms with Gasteiger partial charge >= 0.3 is 0 Å². The molecule has 2 rings (SSSR count). The molecule has 1 heterocycles. The van der Waals surface area contributed by atoms with Crippen LogP contribution in [0.3, 0.4) is 0 Å². The Morgan fingerprint density at radius 1 is 1.13 bits per heavy atom. The van der Waals surface area contributed by atoms with Crippen LogP contribution in [-0.2, 0) is 13.0 Å². The van der Waals surface area contributed by atoms with Crippen LogP contribution in [0.4, 0.5) is 0 Å². The zero-order valence-electron chi connectivity index (χ0n) is 8.50. The molecule has 0 fully saturated rings. The first-order chi connectivity index (χ1) is 7.38. The van der Waals surface area contributed by atoms with E-state index in [0.29, 0.717) is 6.54 Å². The van der Waals surface area contributed by atoms with Crippen LogP contribution in [0.15, 0.2) is 36.9 Å². The summed E-state index contributed by atoms with van der Waals surface area (Å²) in [6.45, 7) is 1.46. The van der Waals surface area contributed by atoms with Crippen LogP contribution < -0.4 is 5.73 Å². The maximum Gasteiger partial charge on any atom is 0.137 e. The molecule has 0 atom stereocenters. The first-order valence-electron chi connectivity index (χ1n) is 4.99. The van der Waals surface area contributed by atoms with Crippen LogP contribution in [0.5, 0.6) is 0 Å². The van der Waals surface area contributed by atoms with Gasteiger partial charge < -0.3 is 5.73 Å². The van der Waals surface area contributed by atoms with E-state index in [-0.39, 0.29) is 0 Å². The van der Waals surface area contributed by atoms with Gasteiger partial charge in [0, 0.05) is 0 Å². The smallest absolute Gasteiger partial charge is 0.137 e. The first-order valence-corrected chi connectivity index (χ1v) is 4.99. The van der Waals surface area contributed by atoms with E-state index in [4.69, 9.17) is 5.73 Å². The number of hydrogen-bond acceptors (Lipinski definition) is 3. The molecule has 4 heteroatoms. The van der Waals surface area contributed by atoms with Gasteiger partial charge in [0.05, 0.1) is 6.54 Å². The van der Waals surface area contributed by atoms with Crippen molar-refractivity contribution in [1.29, 1.82) is 0 Å². The Kier molecular flexibility index (Phi) is 3.09. The van der Waals surface area contributed by atoms with Crippen LogP contribution in [0.1, 0.15) is 11.1 Å². The molecule has 0 bridgehead atoms. The molecule has 0 radical (unpaired) electrons. The van der Waals surface area contributed by atoms with E-state index in [1.54, 1.807) is 17.3 Å². The standard InChI is InChI=1S/C11H14N4/c12-6-5-10-1-3-11(4-2-10)7-15-9-13-8-14-15/h1-4,8-9H,5-7,12H2. The van der Waals surface area contributed by atoms with Crippen molar-refractivity contribution in [2.24, 2.45) is 5.73 Å². The maximum absolute atomic E-state index is 5.49. The zero-order valence-corrected chi connectivity index (χ0v) is 8.50. The second kappa shape index (κ2) is 4.70. The molecule has 0 saturated heterocycles. The third kappa shape index (κ3) is 2.63. The quantitative estimate of drug-likeness (QED) is 0.798. The molecule has 2 aromatic rings. The molecule has 2 N–H and O–H groups in total. The van der Waals surface area contributed by atoms with Gasteiger partial charge in [-0.05, 0) is 24.1 Å². The highest BCUT2D eigenvalue weighted by Gasteiger charge is 1.96. The predicted molar refractivity (Wildman–Crippen MR) is 58.3 cm³/mol. The topological polar surface area (TPSA) is 56.7 Å². The number of aromatic nitrogens is 3. The second-order valence-electron chi connectivity index (χ2n) is 3.45. The Balaban J connectivity index is 2.04. The third-order valence-corrected chi connectivity index (χ3v) is 2.27. The van der Waals surface area contributed by atoms with Gasteiger partial charge in [-0.25, -0.2) is 9.67 Å². The van der Waals surface area contributed by atoms with Gasteiger partial charge in [-0.2, -0.15) is 5.10 Å². The summed E-state index contributed by atoms with van der Waals surface area (Å²) in [6, 6.07) is 8.43. The molecule has 15 heavy (non-hydrogen) atoms. The summed E-state index contributed by atoms with van der Waals surface area (Å²) in [4.78, 5) is 3.90. The summed E-state index contributed by atoms with van der Waals surface area (Å²) in [5.74, 6) is 0. The first kappa shape index (κ1) is 9.86. The van der Waals surface area contributed by atoms with Crippen LogP contribution in [-0.4, -0.2) is 21.3 Å². The molecule has 0 aliphatic heterocycles. The van der Waals surface area contributed by atoms with E-state index >= 15 is 0 Å². The minimum Gasteiger partial charge on any atom is -0.330 e. The van der Waals surface area contributed by atoms with E-state index in [9.17, 15) is 0 Å². The Labute approximate surface area is 88.8 Å². The van der Waals surface area contributed by atoms with Gasteiger partial charge in [0.1, 0.15) is 12.7 Å². The molecular weight excluding hydrogens is 188 g/mol. The lowest BCUT2D eigenvalue weighted by Gasteiger charge is -2.03. The minimum atomic E-state index is 0.697. The highest BCUT2D eigenvalue weighted by Crippen LogP contribution is 2.05. The van der Waals surface area contributed by atoms with E-state index < -0.39 is 0 Å². The maximum atomic E-state index is 5.49. The molecule has 0 unspecified atom stereocenters. The number of benzene rings is 1. The van der Waals surface area contributed by atoms with Crippen molar-refractivity contribution in [3.8, 4) is 0 Å². The monoisotopic (exact) mass is 202 g/mol. The summed E-state index contributed by atoms with van der Waals surface area (Å²) in [5.41, 5.74) is 7.99. The summed E-state index contributed by atoms with van der Waals surface area (Å²) in [5, 5.41) is 4.06. The molecule has 4 nitrogen and oxygen atoms in total. The van der Waals surface area contributed by atoms with Gasteiger partial charge in [0.2, 0.25) is 0 Å². The van der Waals surface area contributed by atoms with Crippen molar-refractivity contribution in [2.45, 2.75) is 13.0 Å². The van der Waals surface area contributed by atoms with Crippen molar-refractivity contribution in [2.75, 3.05) is 6.54 Å². The summed E-state index contributed by atoms with van der Waals surface area (Å²) in [6.07, 6.45) is 4.19. The Bertz CT molecular complexity index is 391. The largest absolute Gasteiger partial charge is 0.330 e. The average Bonchev–Trinajstić information content (AvgIpc) is 2.74. The number of rotatable bonds is 4. The van der Waals surface area contributed by atoms with Gasteiger partial charge in [0.25, 0.3) is 0 Å². The minimum absolute atomic E-state index is 0.697. The van der Waals surface area contributed by atoms with Crippen molar-refractivity contribution < 1.29 is 0 Å². The van der Waals surface area contributed by atoms with E-state index in [1.807, 2.05) is 0 Å². The molecule has 1 aromatic carbocycles. The lowest BCUT2D eigenvalue weighted by molar-refractivity contribution is 0.684. The molecule has 78 valence electrons. The molecule has 0 saturated carbocycles. The molecule has 1 aromatic heterocycles. The lowest BCUT2D eigenvalue weighted by Crippen LogP contribution is -2.03. The Morgan fingerprint density at radius 2 is 1.87 bits per heavy atom. The van der Waals surface area contributed by atoms with E-state index in [2.05, 4.69) is 34.3 Å². The fraction of sp³-hybridized carbons (Fsp3) is 0.273. The summed E-state index contributed by atoms with van der Waals surface area (Å²) < 4.78 is 1.80. The van der Waals surface area contributed by atoms with Crippen molar-refractivity contribution in [3.05, 3.63) is 48.0 Å². The number of nitrogens with zero attached hydrogens (tertiary/aromatic N) is 3. The lowest BCUT2D eigenvalue weighted by atomic mass is 10.1. The van der Waals surface area contributed by atoms with Gasteiger partial charge in [-0.1, -0.05) is 24.3 Å². The van der Waals surface area contributed by atoms with Crippen LogP contribution in [0.2, 0.25) is 0 Å². The molecular formula is C11H14N4. The average molecular weight is 202 g/mol. The van der Waals surface area contributed by atoms with Crippen molar-refractivity contribution in [1.82, 2.24) is 14.8 Å². The Morgan fingerprint density at radius 3 is 2.47 bits per heavy atom. The van der Waals surface area contributed by atoms with Crippen LogP contribution >= 0.6 is 0 Å². The highest BCUT2D eigenvalue weighted by atomic mass is 15.3. The predicted octanol–water partition coefficient (Wildman–Crippen LogP) is 0.828. The van der Waals surface area contributed by atoms with Crippen molar-refractivity contribution >= 4 is 0 Å². The van der Waals surface area contributed by atoms with Crippen LogP contribution in [0.25, 0.3) is 0 Å². The Hall–Kier alpha value is -1.68. The van der Waals surface area contributed by atoms with Gasteiger partial charge in [-0.3, -0.25) is 0 Å². The van der Waals surface area contributed by atoms with Gasteiger partial charge in [0.15, 0.2) is 0 Å². The molecule has 0 aliphatic carbocycles. The van der Waals surface area contributed by atoms with Crippen LogP contribution in [0, 0.1) is 0 Å². The van der Waals surface area contributed by atoms with E-state index in [0.717, 1.165) is 13.0 Å². The summed E-state index contributed by atoms with van der Waals surface area (Å²) in [7, 11) is 0. The van der Waals surface area contributed by atoms with Gasteiger partial charge in [-0.15, -0.1) is 0 Å². The van der Waals surface area contributed by atoms with E-state index in [1.165, 1.54) is 11.1 Å².